The Hall–Kier alpha value is -1.48. The molecule has 1 aromatic carbocycles. The molecule has 0 radical (unpaired) electrons. The Morgan fingerprint density at radius 1 is 1.13 bits per heavy atom. The molecule has 3 atom stereocenters. The number of rotatable bonds is 3. The molecular formula is C20H26O3. The number of Topliss-reactive ketones (excluding diaryl/α,β-unsaturated/α-hetero) is 2. The zero-order valence-electron chi connectivity index (χ0n) is 14.3. The van der Waals surface area contributed by atoms with E-state index in [0.717, 1.165) is 12.0 Å². The van der Waals surface area contributed by atoms with Crippen molar-refractivity contribution in [2.45, 2.75) is 70.8 Å². The van der Waals surface area contributed by atoms with Crippen LogP contribution in [0.5, 0.6) is 0 Å². The van der Waals surface area contributed by atoms with Crippen molar-refractivity contribution in [3.05, 3.63) is 34.9 Å². The van der Waals surface area contributed by atoms with Crippen LogP contribution in [0.1, 0.15) is 62.6 Å². The zero-order chi connectivity index (χ0) is 16.8. The van der Waals surface area contributed by atoms with Gasteiger partial charge in [0.15, 0.2) is 0 Å². The summed E-state index contributed by atoms with van der Waals surface area (Å²) in [7, 11) is 0. The molecule has 0 spiro atoms. The minimum absolute atomic E-state index is 0.140. The fraction of sp³-hybridized carbons (Fsp3) is 0.600. The molecule has 0 bridgehead atoms. The van der Waals surface area contributed by atoms with Crippen molar-refractivity contribution in [2.24, 2.45) is 5.41 Å². The minimum Gasteiger partial charge on any atom is -0.393 e. The highest BCUT2D eigenvalue weighted by atomic mass is 16.3. The molecule has 0 aromatic heterocycles. The van der Waals surface area contributed by atoms with Crippen LogP contribution in [-0.4, -0.2) is 22.8 Å². The Morgan fingerprint density at radius 2 is 1.87 bits per heavy atom. The van der Waals surface area contributed by atoms with Crippen LogP contribution in [0.15, 0.2) is 18.2 Å². The number of aryl methyl sites for hydroxylation is 2. The van der Waals surface area contributed by atoms with Crippen molar-refractivity contribution < 1.29 is 14.7 Å². The maximum Gasteiger partial charge on any atom is 0.143 e. The normalized spacial score (nSPS) is 33.8. The second kappa shape index (κ2) is 5.55. The van der Waals surface area contributed by atoms with E-state index < -0.39 is 16.9 Å². The lowest BCUT2D eigenvalue weighted by Gasteiger charge is -2.37. The van der Waals surface area contributed by atoms with Gasteiger partial charge in [0.05, 0.1) is 11.5 Å². The summed E-state index contributed by atoms with van der Waals surface area (Å²) in [4.78, 5) is 24.9. The van der Waals surface area contributed by atoms with Crippen LogP contribution in [0.25, 0.3) is 0 Å². The number of carbonyl (C=O) groups excluding carboxylic acids is 2. The number of hydrogen-bond acceptors (Lipinski definition) is 3. The standard InChI is InChI=1S/C20H26O3/c1-13-4-6-16-14(10-13)5-7-17(22)20(16,3)9-8-19(2)12-15(21)11-18(19)23/h4,6,10,15,21H,5,7-9,11-12H2,1-3H3/t15-,19-,20-/m0/s1. The molecule has 1 aromatic rings. The second-order valence-electron chi connectivity index (χ2n) is 7.96. The molecule has 2 aliphatic rings. The first-order chi connectivity index (χ1) is 10.7. The van der Waals surface area contributed by atoms with E-state index in [1.165, 1.54) is 11.1 Å². The molecule has 0 aliphatic heterocycles. The van der Waals surface area contributed by atoms with Gasteiger partial charge in [-0.3, -0.25) is 9.59 Å². The van der Waals surface area contributed by atoms with Crippen molar-refractivity contribution >= 4 is 11.6 Å². The molecular weight excluding hydrogens is 288 g/mol. The van der Waals surface area contributed by atoms with Gasteiger partial charge >= 0.3 is 0 Å². The summed E-state index contributed by atoms with van der Waals surface area (Å²) >= 11 is 0. The Bertz CT molecular complexity index is 663. The van der Waals surface area contributed by atoms with Crippen LogP contribution >= 0.6 is 0 Å². The third kappa shape index (κ3) is 2.76. The van der Waals surface area contributed by atoms with Crippen LogP contribution in [0.4, 0.5) is 0 Å². The van der Waals surface area contributed by atoms with Gasteiger partial charge in [0, 0.05) is 18.3 Å². The summed E-state index contributed by atoms with van der Waals surface area (Å²) in [6.45, 7) is 6.05. The summed E-state index contributed by atoms with van der Waals surface area (Å²) < 4.78 is 0. The predicted molar refractivity (Wildman–Crippen MR) is 89.4 cm³/mol. The van der Waals surface area contributed by atoms with E-state index in [1.807, 2.05) is 13.8 Å². The molecule has 1 saturated carbocycles. The number of hydrogen-bond donors (Lipinski definition) is 1. The molecule has 3 nitrogen and oxygen atoms in total. The first-order valence-electron chi connectivity index (χ1n) is 8.59. The molecule has 2 aliphatic carbocycles. The van der Waals surface area contributed by atoms with Gasteiger partial charge in [-0.05, 0) is 50.7 Å². The van der Waals surface area contributed by atoms with E-state index >= 15 is 0 Å². The third-order valence-corrected chi connectivity index (χ3v) is 6.05. The fourth-order valence-corrected chi connectivity index (χ4v) is 4.35. The van der Waals surface area contributed by atoms with Crippen LogP contribution < -0.4 is 0 Å². The summed E-state index contributed by atoms with van der Waals surface area (Å²) in [6.07, 6.45) is 3.02. The first kappa shape index (κ1) is 16.4. The van der Waals surface area contributed by atoms with Gasteiger partial charge < -0.3 is 5.11 Å². The van der Waals surface area contributed by atoms with E-state index in [1.54, 1.807) is 0 Å². The van der Waals surface area contributed by atoms with Crippen molar-refractivity contribution in [1.82, 2.24) is 0 Å². The topological polar surface area (TPSA) is 54.4 Å². The smallest absolute Gasteiger partial charge is 0.143 e. The summed E-state index contributed by atoms with van der Waals surface area (Å²) in [5.41, 5.74) is 2.65. The minimum atomic E-state index is -0.516. The molecule has 1 fully saturated rings. The third-order valence-electron chi connectivity index (χ3n) is 6.05. The SMILES string of the molecule is Cc1ccc2c(c1)CCC(=O)[C@@]2(C)CC[C@@]1(C)C[C@@H](O)CC1=O. The van der Waals surface area contributed by atoms with Gasteiger partial charge in [0.1, 0.15) is 11.6 Å². The van der Waals surface area contributed by atoms with Gasteiger partial charge in [-0.1, -0.05) is 30.7 Å². The monoisotopic (exact) mass is 314 g/mol. The first-order valence-corrected chi connectivity index (χ1v) is 8.59. The van der Waals surface area contributed by atoms with Gasteiger partial charge in [-0.15, -0.1) is 0 Å². The highest BCUT2D eigenvalue weighted by Gasteiger charge is 2.46. The molecule has 3 rings (SSSR count). The molecule has 3 heteroatoms. The summed E-state index contributed by atoms with van der Waals surface area (Å²) in [6, 6.07) is 6.35. The lowest BCUT2D eigenvalue weighted by atomic mass is 9.65. The lowest BCUT2D eigenvalue weighted by molar-refractivity contribution is -0.128. The quantitative estimate of drug-likeness (QED) is 0.931. The van der Waals surface area contributed by atoms with Gasteiger partial charge in [-0.2, -0.15) is 0 Å². The molecule has 0 unspecified atom stereocenters. The summed E-state index contributed by atoms with van der Waals surface area (Å²) in [5.74, 6) is 0.421. The van der Waals surface area contributed by atoms with Crippen LogP contribution in [-0.2, 0) is 21.4 Å². The number of aliphatic hydroxyl groups is 1. The fourth-order valence-electron chi connectivity index (χ4n) is 4.35. The molecule has 23 heavy (non-hydrogen) atoms. The Balaban J connectivity index is 1.87. The average Bonchev–Trinajstić information content (AvgIpc) is 2.74. The second-order valence-corrected chi connectivity index (χ2v) is 7.96. The average molecular weight is 314 g/mol. The number of fused-ring (bicyclic) bond motifs is 1. The number of aliphatic hydroxyl groups excluding tert-OH is 1. The van der Waals surface area contributed by atoms with Crippen LogP contribution in [0.3, 0.4) is 0 Å². The Morgan fingerprint density at radius 3 is 2.52 bits per heavy atom. The summed E-state index contributed by atoms with van der Waals surface area (Å²) in [5, 5.41) is 9.79. The number of carbonyl (C=O) groups is 2. The van der Waals surface area contributed by atoms with Crippen LogP contribution in [0.2, 0.25) is 0 Å². The van der Waals surface area contributed by atoms with Crippen LogP contribution in [0, 0.1) is 12.3 Å². The predicted octanol–water partition coefficient (Wildman–Crippen LogP) is 3.28. The molecule has 0 heterocycles. The molecule has 0 saturated heterocycles. The maximum absolute atomic E-state index is 12.7. The maximum atomic E-state index is 12.7. The van der Waals surface area contributed by atoms with E-state index in [0.29, 0.717) is 25.7 Å². The van der Waals surface area contributed by atoms with Gasteiger partial charge in [-0.25, -0.2) is 0 Å². The Labute approximate surface area is 138 Å². The van der Waals surface area contributed by atoms with E-state index in [9.17, 15) is 14.7 Å². The lowest BCUT2D eigenvalue weighted by Crippen LogP contribution is -2.39. The van der Waals surface area contributed by atoms with Crippen molar-refractivity contribution in [2.75, 3.05) is 0 Å². The number of benzene rings is 1. The molecule has 1 N–H and O–H groups in total. The largest absolute Gasteiger partial charge is 0.393 e. The Kier molecular flexibility index (Phi) is 3.96. The van der Waals surface area contributed by atoms with Gasteiger partial charge in [0.25, 0.3) is 0 Å². The van der Waals surface area contributed by atoms with Crippen molar-refractivity contribution in [3.8, 4) is 0 Å². The van der Waals surface area contributed by atoms with Crippen molar-refractivity contribution in [1.29, 1.82) is 0 Å². The molecule has 0 amide bonds. The van der Waals surface area contributed by atoms with Crippen molar-refractivity contribution in [3.63, 3.8) is 0 Å². The highest BCUT2D eigenvalue weighted by molar-refractivity contribution is 5.92. The number of ketones is 2. The van der Waals surface area contributed by atoms with E-state index in [-0.39, 0.29) is 18.0 Å². The van der Waals surface area contributed by atoms with Gasteiger partial charge in [0.2, 0.25) is 0 Å². The van der Waals surface area contributed by atoms with E-state index in [4.69, 9.17) is 0 Å². The van der Waals surface area contributed by atoms with E-state index in [2.05, 4.69) is 25.1 Å². The molecule has 124 valence electrons. The zero-order valence-corrected chi connectivity index (χ0v) is 14.3. The highest BCUT2D eigenvalue weighted by Crippen LogP contribution is 2.45.